The molecule has 0 saturated heterocycles. The molecule has 0 aliphatic carbocycles. The van der Waals surface area contributed by atoms with Crippen LogP contribution in [0.25, 0.3) is 5.52 Å². The molecular weight excluding hydrogens is 224 g/mol. The third kappa shape index (κ3) is 1.84. The van der Waals surface area contributed by atoms with Crippen LogP contribution in [0.1, 0.15) is 17.0 Å². The first-order chi connectivity index (χ1) is 8.74. The number of fused-ring (bicyclic) bond motifs is 1. The molecule has 18 heavy (non-hydrogen) atoms. The average molecular weight is 238 g/mol. The fraction of sp³-hybridized carbons (Fsp3) is 0.133. The van der Waals surface area contributed by atoms with Gasteiger partial charge in [0.2, 0.25) is 0 Å². The number of rotatable bonds is 2. The lowest BCUT2D eigenvalue weighted by Gasteiger charge is -2.05. The second kappa shape index (κ2) is 4.18. The minimum atomic E-state index is 0.256. The number of pyridine rings is 1. The van der Waals surface area contributed by atoms with E-state index < -0.39 is 0 Å². The number of benzene rings is 1. The average Bonchev–Trinajstić information content (AvgIpc) is 2.75. The minimum Gasteiger partial charge on any atom is -0.506 e. The number of aromatic nitrogens is 2. The van der Waals surface area contributed by atoms with Crippen molar-refractivity contribution in [2.24, 2.45) is 0 Å². The van der Waals surface area contributed by atoms with Gasteiger partial charge in [0.25, 0.3) is 0 Å². The summed E-state index contributed by atoms with van der Waals surface area (Å²) in [5.41, 5.74) is 3.51. The summed E-state index contributed by atoms with van der Waals surface area (Å²) in [6, 6.07) is 11.8. The number of hydrogen-bond acceptors (Lipinski definition) is 2. The zero-order valence-electron chi connectivity index (χ0n) is 10.2. The summed E-state index contributed by atoms with van der Waals surface area (Å²) in [5, 5.41) is 9.55. The molecule has 1 N–H and O–H groups in total. The zero-order valence-corrected chi connectivity index (χ0v) is 10.2. The third-order valence-electron chi connectivity index (χ3n) is 3.20. The van der Waals surface area contributed by atoms with Gasteiger partial charge in [0.05, 0.1) is 17.9 Å². The molecule has 1 aromatic carbocycles. The van der Waals surface area contributed by atoms with Crippen molar-refractivity contribution in [3.8, 4) is 5.75 Å². The van der Waals surface area contributed by atoms with Crippen molar-refractivity contribution < 1.29 is 5.11 Å². The second-order valence-electron chi connectivity index (χ2n) is 4.46. The lowest BCUT2D eigenvalue weighted by atomic mass is 10.1. The van der Waals surface area contributed by atoms with E-state index in [-0.39, 0.29) is 5.75 Å². The van der Waals surface area contributed by atoms with Gasteiger partial charge in [0, 0.05) is 6.42 Å². The molecule has 3 nitrogen and oxygen atoms in total. The van der Waals surface area contributed by atoms with Gasteiger partial charge in [-0.1, -0.05) is 24.3 Å². The Morgan fingerprint density at radius 2 is 2.00 bits per heavy atom. The van der Waals surface area contributed by atoms with Crippen molar-refractivity contribution in [3.05, 3.63) is 65.7 Å². The molecule has 0 amide bonds. The highest BCUT2D eigenvalue weighted by Gasteiger charge is 2.06. The smallest absolute Gasteiger partial charge is 0.132 e. The van der Waals surface area contributed by atoms with Crippen LogP contribution in [0.15, 0.2) is 48.8 Å². The SMILES string of the molecule is Cc1ccccc1Cc1ncc2ccc(O)cn12. The zero-order chi connectivity index (χ0) is 12.5. The fourth-order valence-electron chi connectivity index (χ4n) is 2.14. The Balaban J connectivity index is 2.05. The van der Waals surface area contributed by atoms with Gasteiger partial charge < -0.3 is 5.11 Å². The lowest BCUT2D eigenvalue weighted by molar-refractivity contribution is 0.471. The van der Waals surface area contributed by atoms with Gasteiger partial charge in [-0.3, -0.25) is 4.40 Å². The molecule has 2 aromatic heterocycles. The number of aromatic hydroxyl groups is 1. The van der Waals surface area contributed by atoms with Gasteiger partial charge in [-0.2, -0.15) is 0 Å². The van der Waals surface area contributed by atoms with Crippen LogP contribution in [-0.2, 0) is 6.42 Å². The van der Waals surface area contributed by atoms with Gasteiger partial charge >= 0.3 is 0 Å². The first kappa shape index (κ1) is 10.8. The Kier molecular flexibility index (Phi) is 2.52. The summed E-state index contributed by atoms with van der Waals surface area (Å²) >= 11 is 0. The summed E-state index contributed by atoms with van der Waals surface area (Å²) in [5.74, 6) is 1.20. The summed E-state index contributed by atoms with van der Waals surface area (Å²) in [6.45, 7) is 2.10. The predicted octanol–water partition coefficient (Wildman–Crippen LogP) is 2.94. The standard InChI is InChI=1S/C15H14N2O/c1-11-4-2-3-5-12(11)8-15-16-9-13-6-7-14(18)10-17(13)15/h2-7,9-10,18H,8H2,1H3. The monoisotopic (exact) mass is 238 g/mol. The van der Waals surface area contributed by atoms with E-state index >= 15 is 0 Å². The number of nitrogens with zero attached hydrogens (tertiary/aromatic N) is 2. The van der Waals surface area contributed by atoms with Gasteiger partial charge in [-0.05, 0) is 30.2 Å². The quantitative estimate of drug-likeness (QED) is 0.745. The fourth-order valence-corrected chi connectivity index (χ4v) is 2.14. The van der Waals surface area contributed by atoms with E-state index in [2.05, 4.69) is 24.0 Å². The summed E-state index contributed by atoms with van der Waals surface area (Å²) in [4.78, 5) is 4.42. The van der Waals surface area contributed by atoms with E-state index in [1.54, 1.807) is 12.3 Å². The number of aryl methyl sites for hydroxylation is 1. The van der Waals surface area contributed by atoms with E-state index in [4.69, 9.17) is 0 Å². The third-order valence-corrected chi connectivity index (χ3v) is 3.20. The number of imidazole rings is 1. The van der Waals surface area contributed by atoms with E-state index in [1.807, 2.05) is 28.8 Å². The topological polar surface area (TPSA) is 37.5 Å². The molecule has 0 spiro atoms. The Morgan fingerprint density at radius 1 is 1.17 bits per heavy atom. The van der Waals surface area contributed by atoms with Crippen LogP contribution >= 0.6 is 0 Å². The maximum Gasteiger partial charge on any atom is 0.132 e. The predicted molar refractivity (Wildman–Crippen MR) is 70.8 cm³/mol. The highest BCUT2D eigenvalue weighted by Crippen LogP contribution is 2.17. The van der Waals surface area contributed by atoms with Gasteiger partial charge in [-0.25, -0.2) is 4.98 Å². The van der Waals surface area contributed by atoms with E-state index in [9.17, 15) is 5.11 Å². The molecule has 0 saturated carbocycles. The second-order valence-corrected chi connectivity index (χ2v) is 4.46. The van der Waals surface area contributed by atoms with Crippen LogP contribution in [0.5, 0.6) is 5.75 Å². The molecule has 0 bridgehead atoms. The van der Waals surface area contributed by atoms with Crippen molar-refractivity contribution >= 4 is 5.52 Å². The summed E-state index contributed by atoms with van der Waals surface area (Å²) in [6.07, 6.45) is 4.30. The van der Waals surface area contributed by atoms with Gasteiger partial charge in [0.15, 0.2) is 0 Å². The molecule has 0 unspecified atom stereocenters. The van der Waals surface area contributed by atoms with E-state index in [0.717, 1.165) is 17.8 Å². The van der Waals surface area contributed by atoms with Crippen molar-refractivity contribution in [1.82, 2.24) is 9.38 Å². The maximum atomic E-state index is 9.55. The first-order valence-electron chi connectivity index (χ1n) is 5.93. The molecule has 90 valence electrons. The van der Waals surface area contributed by atoms with Crippen LogP contribution in [0.2, 0.25) is 0 Å². The van der Waals surface area contributed by atoms with Crippen molar-refractivity contribution in [2.45, 2.75) is 13.3 Å². The summed E-state index contributed by atoms with van der Waals surface area (Å²) < 4.78 is 1.93. The number of hydrogen-bond donors (Lipinski definition) is 1. The molecule has 0 aliphatic heterocycles. The molecule has 3 heteroatoms. The highest BCUT2D eigenvalue weighted by molar-refractivity contribution is 5.48. The molecule has 0 radical (unpaired) electrons. The Hall–Kier alpha value is -2.29. The van der Waals surface area contributed by atoms with Crippen LogP contribution in [0.3, 0.4) is 0 Å². The molecule has 0 atom stereocenters. The Morgan fingerprint density at radius 3 is 2.83 bits per heavy atom. The molecule has 3 aromatic rings. The molecule has 3 rings (SSSR count). The van der Waals surface area contributed by atoms with Crippen molar-refractivity contribution in [1.29, 1.82) is 0 Å². The Bertz CT molecular complexity index is 701. The van der Waals surface area contributed by atoms with Gasteiger partial charge in [0.1, 0.15) is 11.6 Å². The summed E-state index contributed by atoms with van der Waals surface area (Å²) in [7, 11) is 0. The molecule has 0 aliphatic rings. The normalized spacial score (nSPS) is 10.9. The minimum absolute atomic E-state index is 0.256. The van der Waals surface area contributed by atoms with Crippen LogP contribution in [0.4, 0.5) is 0 Å². The van der Waals surface area contributed by atoms with Crippen LogP contribution in [0, 0.1) is 6.92 Å². The van der Waals surface area contributed by atoms with E-state index in [1.165, 1.54) is 11.1 Å². The van der Waals surface area contributed by atoms with Gasteiger partial charge in [-0.15, -0.1) is 0 Å². The Labute approximate surface area is 105 Å². The maximum absolute atomic E-state index is 9.55. The van der Waals surface area contributed by atoms with Crippen LogP contribution in [-0.4, -0.2) is 14.5 Å². The van der Waals surface area contributed by atoms with Crippen LogP contribution < -0.4 is 0 Å². The molecule has 2 heterocycles. The molecule has 0 fully saturated rings. The molecular formula is C15H14N2O. The van der Waals surface area contributed by atoms with Crippen molar-refractivity contribution in [3.63, 3.8) is 0 Å². The lowest BCUT2D eigenvalue weighted by Crippen LogP contribution is -1.97. The first-order valence-corrected chi connectivity index (χ1v) is 5.93. The van der Waals surface area contributed by atoms with Crippen molar-refractivity contribution in [2.75, 3.05) is 0 Å². The largest absolute Gasteiger partial charge is 0.506 e. The highest BCUT2D eigenvalue weighted by atomic mass is 16.3. The van der Waals surface area contributed by atoms with E-state index in [0.29, 0.717) is 0 Å².